The third kappa shape index (κ3) is 4.01. The third-order valence-electron chi connectivity index (χ3n) is 8.35. The van der Waals surface area contributed by atoms with E-state index in [1.165, 1.54) is 55.6 Å². The summed E-state index contributed by atoms with van der Waals surface area (Å²) in [5, 5.41) is 0. The molecule has 0 atom stereocenters. The zero-order valence-electron chi connectivity index (χ0n) is 22.8. The van der Waals surface area contributed by atoms with Gasteiger partial charge >= 0.3 is 0 Å². The molecule has 0 N–H and O–H groups in total. The fraction of sp³-hybridized carbons (Fsp3) is 0.333. The van der Waals surface area contributed by atoms with Gasteiger partial charge in [0.25, 0.3) is 0 Å². The smallest absolute Gasteiger partial charge is 0.0114 e. The molecular weight excluding hydrogens is 432 g/mol. The molecule has 4 aromatic carbocycles. The summed E-state index contributed by atoms with van der Waals surface area (Å²) < 4.78 is 0. The van der Waals surface area contributed by atoms with E-state index < -0.39 is 0 Å². The van der Waals surface area contributed by atoms with Crippen LogP contribution < -0.4 is 0 Å². The summed E-state index contributed by atoms with van der Waals surface area (Å²) in [7, 11) is 0. The van der Waals surface area contributed by atoms with Gasteiger partial charge in [0.05, 0.1) is 0 Å². The molecule has 2 aliphatic rings. The van der Waals surface area contributed by atoms with E-state index in [2.05, 4.69) is 114 Å². The van der Waals surface area contributed by atoms with Gasteiger partial charge in [0.2, 0.25) is 0 Å². The molecule has 0 fully saturated rings. The van der Waals surface area contributed by atoms with Gasteiger partial charge < -0.3 is 0 Å². The molecule has 36 heavy (non-hydrogen) atoms. The SMILES string of the molecule is CC(C)(C)c1ccc(-c2cc3c4c(c2)CCc2cc(-c5ccc(C(C)(C)C)cc5)cc(c2-4)CC3)cc1. The second-order valence-corrected chi connectivity index (χ2v) is 13.0. The van der Waals surface area contributed by atoms with Gasteiger partial charge in [0.1, 0.15) is 0 Å². The van der Waals surface area contributed by atoms with Gasteiger partial charge in [-0.05, 0) is 103 Å². The molecule has 0 nitrogen and oxygen atoms in total. The van der Waals surface area contributed by atoms with Crippen molar-refractivity contribution >= 4 is 0 Å². The Morgan fingerprint density at radius 3 is 0.917 bits per heavy atom. The van der Waals surface area contributed by atoms with Crippen LogP contribution in [0.3, 0.4) is 0 Å². The topological polar surface area (TPSA) is 0 Å². The van der Waals surface area contributed by atoms with E-state index in [1.807, 2.05) is 0 Å². The minimum atomic E-state index is 0.188. The molecule has 182 valence electrons. The maximum absolute atomic E-state index is 2.47. The lowest BCUT2D eigenvalue weighted by Gasteiger charge is -2.31. The zero-order chi connectivity index (χ0) is 25.2. The van der Waals surface area contributed by atoms with Crippen LogP contribution in [0.2, 0.25) is 0 Å². The Bertz CT molecular complexity index is 1280. The molecule has 0 heteroatoms. The first kappa shape index (κ1) is 23.3. The van der Waals surface area contributed by atoms with Crippen LogP contribution in [0.5, 0.6) is 0 Å². The first-order valence-corrected chi connectivity index (χ1v) is 13.6. The maximum Gasteiger partial charge on any atom is -0.0114 e. The lowest BCUT2D eigenvalue weighted by molar-refractivity contribution is 0.590. The largest absolute Gasteiger partial charge is 0.0579 e. The Morgan fingerprint density at radius 1 is 0.389 bits per heavy atom. The fourth-order valence-electron chi connectivity index (χ4n) is 6.16. The minimum absolute atomic E-state index is 0.188. The van der Waals surface area contributed by atoms with Crippen molar-refractivity contribution in [1.82, 2.24) is 0 Å². The van der Waals surface area contributed by atoms with Crippen LogP contribution >= 0.6 is 0 Å². The molecule has 0 aromatic heterocycles. The Labute approximate surface area is 217 Å². The number of hydrogen-bond acceptors (Lipinski definition) is 0. The molecule has 0 bridgehead atoms. The van der Waals surface area contributed by atoms with Crippen LogP contribution in [0.4, 0.5) is 0 Å². The highest BCUT2D eigenvalue weighted by Gasteiger charge is 2.27. The van der Waals surface area contributed by atoms with Crippen molar-refractivity contribution in [2.45, 2.75) is 78.1 Å². The van der Waals surface area contributed by atoms with Gasteiger partial charge in [0.15, 0.2) is 0 Å². The summed E-state index contributed by atoms with van der Waals surface area (Å²) in [5.74, 6) is 0. The van der Waals surface area contributed by atoms with Crippen LogP contribution in [0.15, 0.2) is 72.8 Å². The lowest BCUT2D eigenvalue weighted by Crippen LogP contribution is -2.15. The zero-order valence-corrected chi connectivity index (χ0v) is 22.8. The molecule has 0 heterocycles. The minimum Gasteiger partial charge on any atom is -0.0579 e. The van der Waals surface area contributed by atoms with Gasteiger partial charge in [-0.1, -0.05) is 114 Å². The van der Waals surface area contributed by atoms with E-state index >= 15 is 0 Å². The summed E-state index contributed by atoms with van der Waals surface area (Å²) in [6.07, 6.45) is 4.54. The number of aryl methyl sites for hydroxylation is 4. The molecule has 4 aromatic rings. The van der Waals surface area contributed by atoms with Gasteiger partial charge in [-0.3, -0.25) is 0 Å². The van der Waals surface area contributed by atoms with Crippen molar-refractivity contribution in [1.29, 1.82) is 0 Å². The first-order valence-electron chi connectivity index (χ1n) is 13.6. The summed E-state index contributed by atoms with van der Waals surface area (Å²) in [5.41, 5.74) is 17.9. The van der Waals surface area contributed by atoms with Crippen LogP contribution in [0.1, 0.15) is 74.9 Å². The van der Waals surface area contributed by atoms with Crippen LogP contribution in [-0.4, -0.2) is 0 Å². The standard InChI is InChI=1S/C36H38/c1-35(2,3)31-15-11-23(12-16-31)29-19-25-7-9-27-21-30(24-13-17-32(18-14-24)36(4,5)6)22-28-10-8-26(20-29)33(25)34(27)28/h11-22H,7-10H2,1-6H3. The predicted octanol–water partition coefficient (Wildman–Crippen LogP) is 9.48. The Balaban J connectivity index is 1.38. The lowest BCUT2D eigenvalue weighted by atomic mass is 9.73. The molecule has 6 rings (SSSR count). The van der Waals surface area contributed by atoms with Gasteiger partial charge in [-0.25, -0.2) is 0 Å². The number of hydrogen-bond donors (Lipinski definition) is 0. The fourth-order valence-corrected chi connectivity index (χ4v) is 6.16. The van der Waals surface area contributed by atoms with E-state index in [1.54, 1.807) is 11.1 Å². The molecule has 0 amide bonds. The van der Waals surface area contributed by atoms with E-state index in [9.17, 15) is 0 Å². The molecule has 2 aliphatic carbocycles. The second-order valence-electron chi connectivity index (χ2n) is 13.0. The highest BCUT2D eigenvalue weighted by molar-refractivity contribution is 5.86. The van der Waals surface area contributed by atoms with Crippen molar-refractivity contribution in [2.75, 3.05) is 0 Å². The third-order valence-corrected chi connectivity index (χ3v) is 8.35. The Morgan fingerprint density at radius 2 is 0.667 bits per heavy atom. The van der Waals surface area contributed by atoms with Crippen LogP contribution in [-0.2, 0) is 36.5 Å². The van der Waals surface area contributed by atoms with Crippen molar-refractivity contribution in [3.05, 3.63) is 106 Å². The van der Waals surface area contributed by atoms with Gasteiger partial charge in [-0.2, -0.15) is 0 Å². The summed E-state index contributed by atoms with van der Waals surface area (Å²) in [6, 6.07) is 28.4. The Hall–Kier alpha value is -3.12. The van der Waals surface area contributed by atoms with Crippen molar-refractivity contribution in [3.8, 4) is 33.4 Å². The average Bonchev–Trinajstić information content (AvgIpc) is 2.86. The van der Waals surface area contributed by atoms with Crippen LogP contribution in [0.25, 0.3) is 33.4 Å². The van der Waals surface area contributed by atoms with E-state index in [4.69, 9.17) is 0 Å². The molecule has 0 saturated carbocycles. The summed E-state index contributed by atoms with van der Waals surface area (Å²) in [6.45, 7) is 13.7. The van der Waals surface area contributed by atoms with E-state index in [0.717, 1.165) is 25.7 Å². The number of benzene rings is 4. The normalized spacial score (nSPS) is 14.5. The quantitative estimate of drug-likeness (QED) is 0.274. The highest BCUT2D eigenvalue weighted by atomic mass is 14.3. The van der Waals surface area contributed by atoms with Crippen molar-refractivity contribution in [3.63, 3.8) is 0 Å². The van der Waals surface area contributed by atoms with E-state index in [0.29, 0.717) is 0 Å². The predicted molar refractivity (Wildman–Crippen MR) is 155 cm³/mol. The van der Waals surface area contributed by atoms with Crippen molar-refractivity contribution in [2.24, 2.45) is 0 Å². The molecule has 0 aliphatic heterocycles. The van der Waals surface area contributed by atoms with E-state index in [-0.39, 0.29) is 10.8 Å². The first-order chi connectivity index (χ1) is 17.1. The Kier molecular flexibility index (Phi) is 5.31. The molecular formula is C36H38. The van der Waals surface area contributed by atoms with Gasteiger partial charge in [0, 0.05) is 0 Å². The monoisotopic (exact) mass is 470 g/mol. The molecule has 0 radical (unpaired) electrons. The van der Waals surface area contributed by atoms with Gasteiger partial charge in [-0.15, -0.1) is 0 Å². The highest BCUT2D eigenvalue weighted by Crippen LogP contribution is 2.46. The second kappa shape index (κ2) is 8.20. The molecule has 0 spiro atoms. The number of rotatable bonds is 2. The average molecular weight is 471 g/mol. The van der Waals surface area contributed by atoms with Crippen LogP contribution in [0, 0.1) is 0 Å². The summed E-state index contributed by atoms with van der Waals surface area (Å²) >= 11 is 0. The molecule has 0 unspecified atom stereocenters. The maximum atomic E-state index is 2.47. The molecule has 0 saturated heterocycles. The summed E-state index contributed by atoms with van der Waals surface area (Å²) in [4.78, 5) is 0. The van der Waals surface area contributed by atoms with Crippen molar-refractivity contribution < 1.29 is 0 Å².